The first-order chi connectivity index (χ1) is 16.3. The number of carbonyl (C=O) groups excluding carboxylic acids is 1. The maximum atomic E-state index is 12.2. The second kappa shape index (κ2) is 9.58. The first kappa shape index (κ1) is 23.3. The number of non-ortho nitro benzene ring substituents is 1. The first-order valence-electron chi connectivity index (χ1n) is 10.9. The largest absolute Gasteiger partial charge is 0.347 e. The fourth-order valence-corrected chi connectivity index (χ4v) is 4.06. The molecule has 0 unspecified atom stereocenters. The molecule has 1 N–H and O–H groups in total. The molecule has 1 aliphatic heterocycles. The number of aryl methyl sites for hydroxylation is 1. The molecule has 1 aromatic heterocycles. The lowest BCUT2D eigenvalue weighted by Crippen LogP contribution is -2.33. The van der Waals surface area contributed by atoms with Gasteiger partial charge in [-0.2, -0.15) is 5.10 Å². The Balaban J connectivity index is 1.46. The van der Waals surface area contributed by atoms with E-state index in [0.29, 0.717) is 13.2 Å². The van der Waals surface area contributed by atoms with Gasteiger partial charge in [0.1, 0.15) is 0 Å². The number of benzene rings is 2. The third kappa shape index (κ3) is 5.05. The number of nitro benzene ring substituents is 1. The summed E-state index contributed by atoms with van der Waals surface area (Å²) < 4.78 is 13.0. The van der Waals surface area contributed by atoms with E-state index in [-0.39, 0.29) is 18.0 Å². The summed E-state index contributed by atoms with van der Waals surface area (Å²) in [6, 6.07) is 16.5. The van der Waals surface area contributed by atoms with Crippen LogP contribution in [0, 0.1) is 24.0 Å². The van der Waals surface area contributed by atoms with Gasteiger partial charge in [0.15, 0.2) is 5.79 Å². The maximum absolute atomic E-state index is 12.2. The summed E-state index contributed by atoms with van der Waals surface area (Å²) in [7, 11) is 0. The van der Waals surface area contributed by atoms with Crippen molar-refractivity contribution in [1.29, 1.82) is 0 Å². The molecule has 1 fully saturated rings. The number of aromatic nitrogens is 1. The van der Waals surface area contributed by atoms with Gasteiger partial charge in [-0.15, -0.1) is 0 Å². The van der Waals surface area contributed by atoms with Crippen LogP contribution < -0.4 is 5.43 Å². The van der Waals surface area contributed by atoms with Crippen molar-refractivity contribution in [3.8, 4) is 16.8 Å². The van der Waals surface area contributed by atoms with Crippen LogP contribution in [0.1, 0.15) is 30.3 Å². The summed E-state index contributed by atoms with van der Waals surface area (Å²) in [4.78, 5) is 22.6. The number of carbonyl (C=O) groups is 1. The third-order valence-corrected chi connectivity index (χ3v) is 5.78. The fraction of sp³-hybridized carbons (Fsp3) is 0.280. The highest BCUT2D eigenvalue weighted by Gasteiger charge is 2.33. The van der Waals surface area contributed by atoms with Crippen LogP contribution in [0.3, 0.4) is 0 Å². The summed E-state index contributed by atoms with van der Waals surface area (Å²) in [6.45, 7) is 6.69. The van der Waals surface area contributed by atoms with Gasteiger partial charge in [0.2, 0.25) is 5.91 Å². The second-order valence-corrected chi connectivity index (χ2v) is 8.31. The smallest absolute Gasteiger partial charge is 0.269 e. The molecule has 0 atom stereocenters. The molecule has 9 nitrogen and oxygen atoms in total. The van der Waals surface area contributed by atoms with E-state index in [1.807, 2.05) is 44.2 Å². The van der Waals surface area contributed by atoms with Crippen molar-refractivity contribution in [2.45, 2.75) is 33.0 Å². The Bertz CT molecular complexity index is 1220. The molecule has 0 radical (unpaired) electrons. The average Bonchev–Trinajstić information content (AvgIpc) is 3.36. The van der Waals surface area contributed by atoms with Crippen molar-refractivity contribution in [1.82, 2.24) is 9.99 Å². The van der Waals surface area contributed by atoms with Crippen LogP contribution in [-0.4, -0.2) is 40.6 Å². The summed E-state index contributed by atoms with van der Waals surface area (Å²) in [5, 5.41) is 15.0. The molecule has 0 saturated carbocycles. The van der Waals surface area contributed by atoms with E-state index < -0.39 is 10.7 Å². The summed E-state index contributed by atoms with van der Waals surface area (Å²) in [5.41, 5.74) is 8.34. The van der Waals surface area contributed by atoms with Crippen molar-refractivity contribution in [3.63, 3.8) is 0 Å². The van der Waals surface area contributed by atoms with Crippen LogP contribution in [0.2, 0.25) is 0 Å². The molecular weight excluding hydrogens is 436 g/mol. The van der Waals surface area contributed by atoms with Crippen molar-refractivity contribution >= 4 is 17.8 Å². The number of rotatable bonds is 7. The highest BCUT2D eigenvalue weighted by molar-refractivity contribution is 5.84. The van der Waals surface area contributed by atoms with E-state index in [1.54, 1.807) is 25.3 Å². The Hall–Kier alpha value is -3.82. The van der Waals surface area contributed by atoms with E-state index in [1.165, 1.54) is 12.1 Å². The molecule has 0 bridgehead atoms. The van der Waals surface area contributed by atoms with Gasteiger partial charge in [0.05, 0.1) is 30.8 Å². The van der Waals surface area contributed by atoms with Crippen molar-refractivity contribution in [2.75, 3.05) is 13.2 Å². The minimum absolute atomic E-state index is 0.0683. The first-order valence-corrected chi connectivity index (χ1v) is 10.9. The molecular formula is C25H26N4O5. The third-order valence-electron chi connectivity index (χ3n) is 5.78. The quantitative estimate of drug-likeness (QED) is 0.320. The molecule has 2 aromatic carbocycles. The van der Waals surface area contributed by atoms with Crippen LogP contribution in [0.15, 0.2) is 59.7 Å². The number of hydrogen-bond acceptors (Lipinski definition) is 6. The van der Waals surface area contributed by atoms with Gasteiger partial charge in [-0.1, -0.05) is 12.1 Å². The molecule has 0 aliphatic carbocycles. The number of amides is 1. The van der Waals surface area contributed by atoms with Crippen molar-refractivity contribution in [3.05, 3.63) is 81.7 Å². The summed E-state index contributed by atoms with van der Waals surface area (Å²) in [5.74, 6) is -1.17. The van der Waals surface area contributed by atoms with E-state index in [4.69, 9.17) is 9.47 Å². The Labute approximate surface area is 197 Å². The highest BCUT2D eigenvalue weighted by Crippen LogP contribution is 2.26. The zero-order valence-corrected chi connectivity index (χ0v) is 19.3. The molecule has 1 amide bonds. The Morgan fingerprint density at radius 1 is 1.12 bits per heavy atom. The predicted molar refractivity (Wildman–Crippen MR) is 128 cm³/mol. The molecule has 9 heteroatoms. The van der Waals surface area contributed by atoms with Gasteiger partial charge >= 0.3 is 0 Å². The van der Waals surface area contributed by atoms with Gasteiger partial charge in [-0.25, -0.2) is 5.43 Å². The molecule has 1 aliphatic rings. The van der Waals surface area contributed by atoms with Crippen LogP contribution >= 0.6 is 0 Å². The molecule has 4 rings (SSSR count). The van der Waals surface area contributed by atoms with Gasteiger partial charge in [0, 0.05) is 34.8 Å². The maximum Gasteiger partial charge on any atom is 0.269 e. The summed E-state index contributed by atoms with van der Waals surface area (Å²) >= 11 is 0. The predicted octanol–water partition coefficient (Wildman–Crippen LogP) is 4.27. The normalized spacial score (nSPS) is 15.0. The Morgan fingerprint density at radius 3 is 2.29 bits per heavy atom. The molecule has 1 saturated heterocycles. The number of hydrogen-bond donors (Lipinski definition) is 1. The SMILES string of the molecule is Cc1cc(/C=N\NC(=O)CC2(C)OCCO2)c(C)n1-c1ccc(-c2ccc([N+](=O)[O-])cc2)cc1. The lowest BCUT2D eigenvalue weighted by Gasteiger charge is -2.20. The Kier molecular flexibility index (Phi) is 6.58. The zero-order chi connectivity index (χ0) is 24.3. The number of hydrazone groups is 1. The molecule has 0 spiro atoms. The minimum Gasteiger partial charge on any atom is -0.347 e. The van der Waals surface area contributed by atoms with Gasteiger partial charge < -0.3 is 14.0 Å². The molecule has 3 aromatic rings. The van der Waals surface area contributed by atoms with Crippen LogP contribution in [0.5, 0.6) is 0 Å². The highest BCUT2D eigenvalue weighted by atomic mass is 16.7. The van der Waals surface area contributed by atoms with Crippen LogP contribution in [0.4, 0.5) is 5.69 Å². The van der Waals surface area contributed by atoms with Gasteiger partial charge in [0.25, 0.3) is 5.69 Å². The molecule has 2 heterocycles. The van der Waals surface area contributed by atoms with E-state index in [2.05, 4.69) is 15.1 Å². The zero-order valence-electron chi connectivity index (χ0n) is 19.3. The molecule has 34 heavy (non-hydrogen) atoms. The second-order valence-electron chi connectivity index (χ2n) is 8.31. The standard InChI is InChI=1S/C25H26N4O5/c1-17-14-21(16-26-27-24(30)15-25(3)33-12-13-34-25)18(2)28(17)22-8-4-19(5-9-22)20-6-10-23(11-7-20)29(31)32/h4-11,14,16H,12-13,15H2,1-3H3,(H,27,30)/b26-16-. The minimum atomic E-state index is -0.893. The number of nitrogens with one attached hydrogen (secondary N) is 1. The van der Waals surface area contributed by atoms with Crippen LogP contribution in [-0.2, 0) is 14.3 Å². The lowest BCUT2D eigenvalue weighted by molar-refractivity contribution is -0.384. The lowest BCUT2D eigenvalue weighted by atomic mass is 10.0. The van der Waals surface area contributed by atoms with Gasteiger partial charge in [-0.05, 0) is 62.2 Å². The number of nitro groups is 1. The van der Waals surface area contributed by atoms with Crippen molar-refractivity contribution < 1.29 is 19.2 Å². The van der Waals surface area contributed by atoms with E-state index in [9.17, 15) is 14.9 Å². The fourth-order valence-electron chi connectivity index (χ4n) is 4.06. The number of nitrogens with zero attached hydrogens (tertiary/aromatic N) is 3. The topological polar surface area (TPSA) is 108 Å². The Morgan fingerprint density at radius 2 is 1.71 bits per heavy atom. The van der Waals surface area contributed by atoms with Crippen LogP contribution in [0.25, 0.3) is 16.8 Å². The van der Waals surface area contributed by atoms with E-state index in [0.717, 1.165) is 33.8 Å². The monoisotopic (exact) mass is 462 g/mol. The summed E-state index contributed by atoms with van der Waals surface area (Å²) in [6.07, 6.45) is 1.70. The van der Waals surface area contributed by atoms with Gasteiger partial charge in [-0.3, -0.25) is 14.9 Å². The van der Waals surface area contributed by atoms with E-state index >= 15 is 0 Å². The van der Waals surface area contributed by atoms with Crippen molar-refractivity contribution in [2.24, 2.45) is 5.10 Å². The molecule has 176 valence electrons. The average molecular weight is 463 g/mol. The number of ether oxygens (including phenoxy) is 2.